The molecule has 0 amide bonds. The Morgan fingerprint density at radius 1 is 1.56 bits per heavy atom. The van der Waals surface area contributed by atoms with Crippen LogP contribution in [-0.4, -0.2) is 36.5 Å². The fourth-order valence-electron chi connectivity index (χ4n) is 1.25. The Hall–Kier alpha value is -1.11. The molecule has 1 heterocycles. The molecule has 1 rings (SSSR count). The summed E-state index contributed by atoms with van der Waals surface area (Å²) in [5.41, 5.74) is 0. The van der Waals surface area contributed by atoms with Gasteiger partial charge in [-0.3, -0.25) is 4.79 Å². The van der Waals surface area contributed by atoms with Gasteiger partial charge < -0.3 is 5.11 Å². The van der Waals surface area contributed by atoms with Gasteiger partial charge in [-0.25, -0.2) is 4.68 Å². The number of carboxylic acids is 1. The van der Waals surface area contributed by atoms with E-state index in [9.17, 15) is 4.79 Å². The summed E-state index contributed by atoms with van der Waals surface area (Å²) in [6, 6.07) is 0. The third-order valence-electron chi connectivity index (χ3n) is 2.10. The molecule has 1 N–H and O–H groups in total. The highest BCUT2D eigenvalue weighted by Crippen LogP contribution is 2.19. The molecule has 7 heteroatoms. The normalized spacial score (nSPS) is 12.6. The third kappa shape index (κ3) is 3.48. The van der Waals surface area contributed by atoms with Gasteiger partial charge in [-0.2, -0.15) is 0 Å². The average molecular weight is 244 g/mol. The monoisotopic (exact) mass is 244 g/mol. The van der Waals surface area contributed by atoms with Crippen LogP contribution in [0.2, 0.25) is 0 Å². The van der Waals surface area contributed by atoms with Crippen molar-refractivity contribution in [3.63, 3.8) is 0 Å². The fourth-order valence-corrected chi connectivity index (χ4v) is 2.19. The number of carboxylic acid groups (broad SMARTS) is 1. The average Bonchev–Trinajstić information content (AvgIpc) is 2.67. The predicted octanol–water partition coefficient (Wildman–Crippen LogP) is 1.18. The van der Waals surface area contributed by atoms with Crippen molar-refractivity contribution in [2.75, 3.05) is 0 Å². The van der Waals surface area contributed by atoms with Crippen molar-refractivity contribution in [1.29, 1.82) is 0 Å². The lowest BCUT2D eigenvalue weighted by molar-refractivity contribution is -0.136. The van der Waals surface area contributed by atoms with Crippen LogP contribution < -0.4 is 0 Å². The van der Waals surface area contributed by atoms with Gasteiger partial charge in [-0.15, -0.1) is 16.9 Å². The van der Waals surface area contributed by atoms with Crippen LogP contribution in [-0.2, 0) is 17.1 Å². The largest absolute Gasteiger partial charge is 0.480 e. The first-order valence-electron chi connectivity index (χ1n) is 5.28. The zero-order valence-electron chi connectivity index (χ0n) is 9.46. The Labute approximate surface area is 98.4 Å². The zero-order valence-corrected chi connectivity index (χ0v) is 10.3. The molecule has 6 nitrogen and oxygen atoms in total. The van der Waals surface area contributed by atoms with E-state index >= 15 is 0 Å². The quantitative estimate of drug-likeness (QED) is 0.775. The summed E-state index contributed by atoms with van der Waals surface area (Å²) < 4.78 is 1.72. The molecule has 1 atom stereocenters. The minimum absolute atomic E-state index is 0.383. The number of tetrazole rings is 1. The maximum absolute atomic E-state index is 10.8. The van der Waals surface area contributed by atoms with Crippen molar-refractivity contribution in [2.24, 2.45) is 0 Å². The molecule has 16 heavy (non-hydrogen) atoms. The molecule has 0 saturated carbocycles. The van der Waals surface area contributed by atoms with Crippen LogP contribution in [0.4, 0.5) is 0 Å². The second kappa shape index (κ2) is 6.47. The highest BCUT2D eigenvalue weighted by Gasteiger charge is 2.17. The molecule has 1 aromatic heterocycles. The maximum atomic E-state index is 10.8. The number of hydrogen-bond donors (Lipinski definition) is 1. The van der Waals surface area contributed by atoms with Gasteiger partial charge >= 0.3 is 5.97 Å². The zero-order chi connectivity index (χ0) is 12.0. The van der Waals surface area contributed by atoms with Gasteiger partial charge in [-0.1, -0.05) is 13.8 Å². The van der Waals surface area contributed by atoms with Crippen LogP contribution in [0.1, 0.15) is 32.5 Å². The lowest BCUT2D eigenvalue weighted by Gasteiger charge is -2.08. The molecular weight excluding hydrogens is 228 g/mol. The second-order valence-electron chi connectivity index (χ2n) is 3.36. The van der Waals surface area contributed by atoms with Crippen molar-refractivity contribution in [2.45, 2.75) is 44.2 Å². The summed E-state index contributed by atoms with van der Waals surface area (Å²) in [5, 5.41) is 19.8. The molecule has 0 bridgehead atoms. The number of hydrogen-bond acceptors (Lipinski definition) is 5. The summed E-state index contributed by atoms with van der Waals surface area (Å²) >= 11 is 1.36. The van der Waals surface area contributed by atoms with E-state index in [1.165, 1.54) is 11.8 Å². The van der Waals surface area contributed by atoms with Crippen molar-refractivity contribution in [3.05, 3.63) is 5.82 Å². The van der Waals surface area contributed by atoms with Crippen molar-refractivity contribution in [1.82, 2.24) is 20.2 Å². The molecule has 0 radical (unpaired) electrons. The Balaban J connectivity index is 2.52. The number of aryl methyl sites for hydroxylation is 1. The van der Waals surface area contributed by atoms with E-state index in [-0.39, 0.29) is 5.25 Å². The highest BCUT2D eigenvalue weighted by molar-refractivity contribution is 7.99. The molecule has 0 aliphatic rings. The number of carbonyl (C=O) groups is 1. The molecule has 90 valence electrons. The van der Waals surface area contributed by atoms with Crippen LogP contribution in [0.25, 0.3) is 0 Å². The van der Waals surface area contributed by atoms with Crippen LogP contribution in [0, 0.1) is 0 Å². The summed E-state index contributed by atoms with van der Waals surface area (Å²) in [6.07, 6.45) is 1.56. The predicted molar refractivity (Wildman–Crippen MR) is 61.1 cm³/mol. The van der Waals surface area contributed by atoms with Crippen LogP contribution in [0.5, 0.6) is 0 Å². The van der Waals surface area contributed by atoms with Crippen LogP contribution >= 0.6 is 11.8 Å². The lowest BCUT2D eigenvalue weighted by Crippen LogP contribution is -2.16. The van der Waals surface area contributed by atoms with E-state index in [0.717, 1.165) is 18.8 Å². The highest BCUT2D eigenvalue weighted by atomic mass is 32.2. The molecule has 0 aliphatic carbocycles. The first-order chi connectivity index (χ1) is 7.69. The van der Waals surface area contributed by atoms with Gasteiger partial charge in [0, 0.05) is 6.54 Å². The summed E-state index contributed by atoms with van der Waals surface area (Å²) in [6.45, 7) is 4.68. The van der Waals surface area contributed by atoms with Gasteiger partial charge in [0.25, 0.3) is 0 Å². The standard InChI is InChI=1S/C9H16N4O2S/c1-3-5-13-8(10-11-12-13)6-16-7(4-2)9(14)15/h7H,3-6H2,1-2H3,(H,14,15). The number of nitrogens with zero attached hydrogens (tertiary/aromatic N) is 4. The van der Waals surface area contributed by atoms with E-state index in [2.05, 4.69) is 15.5 Å². The van der Waals surface area contributed by atoms with E-state index in [4.69, 9.17) is 5.11 Å². The Morgan fingerprint density at radius 3 is 2.88 bits per heavy atom. The van der Waals surface area contributed by atoms with Gasteiger partial charge in [0.1, 0.15) is 5.25 Å². The van der Waals surface area contributed by atoms with Crippen molar-refractivity contribution >= 4 is 17.7 Å². The van der Waals surface area contributed by atoms with E-state index < -0.39 is 5.97 Å². The molecule has 0 spiro atoms. The van der Waals surface area contributed by atoms with E-state index in [1.54, 1.807) is 4.68 Å². The van der Waals surface area contributed by atoms with Crippen molar-refractivity contribution in [3.8, 4) is 0 Å². The number of thioether (sulfide) groups is 1. The summed E-state index contributed by atoms with van der Waals surface area (Å²) in [5.74, 6) is 0.506. The number of rotatable bonds is 7. The molecule has 0 fully saturated rings. The van der Waals surface area contributed by atoms with E-state index in [0.29, 0.717) is 12.2 Å². The van der Waals surface area contributed by atoms with E-state index in [1.807, 2.05) is 13.8 Å². The molecule has 0 saturated heterocycles. The maximum Gasteiger partial charge on any atom is 0.316 e. The van der Waals surface area contributed by atoms with Crippen LogP contribution in [0.3, 0.4) is 0 Å². The summed E-state index contributed by atoms with van der Waals surface area (Å²) in [4.78, 5) is 10.8. The number of aromatic nitrogens is 4. The summed E-state index contributed by atoms with van der Waals surface area (Å²) in [7, 11) is 0. The van der Waals surface area contributed by atoms with Crippen molar-refractivity contribution < 1.29 is 9.90 Å². The SMILES string of the molecule is CCCn1nnnc1CSC(CC)C(=O)O. The Kier molecular flexibility index (Phi) is 5.24. The Bertz CT molecular complexity index is 342. The van der Waals surface area contributed by atoms with Gasteiger partial charge in [0.2, 0.25) is 0 Å². The van der Waals surface area contributed by atoms with Gasteiger partial charge in [0.15, 0.2) is 5.82 Å². The molecule has 0 aliphatic heterocycles. The van der Waals surface area contributed by atoms with Crippen LogP contribution in [0.15, 0.2) is 0 Å². The first kappa shape index (κ1) is 13.0. The van der Waals surface area contributed by atoms with Gasteiger partial charge in [-0.05, 0) is 23.3 Å². The topological polar surface area (TPSA) is 80.9 Å². The third-order valence-corrected chi connectivity index (χ3v) is 3.46. The minimum Gasteiger partial charge on any atom is -0.480 e. The smallest absolute Gasteiger partial charge is 0.316 e. The Morgan fingerprint density at radius 2 is 2.31 bits per heavy atom. The van der Waals surface area contributed by atoms with Gasteiger partial charge in [0.05, 0.1) is 5.75 Å². The molecular formula is C9H16N4O2S. The fraction of sp³-hybridized carbons (Fsp3) is 0.778. The number of aliphatic carboxylic acids is 1. The molecule has 1 unspecified atom stereocenters. The molecule has 1 aromatic rings. The minimum atomic E-state index is -0.776. The first-order valence-corrected chi connectivity index (χ1v) is 6.33. The lowest BCUT2D eigenvalue weighted by atomic mass is 10.3. The second-order valence-corrected chi connectivity index (χ2v) is 4.56. The molecule has 0 aromatic carbocycles.